The third kappa shape index (κ3) is 2.51. The maximum atomic E-state index is 11.3. The smallest absolute Gasteiger partial charge is 0.312 e. The van der Waals surface area contributed by atoms with E-state index in [1.165, 1.54) is 35.0 Å². The SMILES string of the molecule is COc1ccc(C(C)(O)C(C)(C)C(=O)O)c(OC)c1. The molecule has 0 heterocycles. The lowest BCUT2D eigenvalue weighted by molar-refractivity contribution is -0.164. The molecule has 0 aliphatic carbocycles. The van der Waals surface area contributed by atoms with Crippen molar-refractivity contribution in [1.82, 2.24) is 0 Å². The fourth-order valence-electron chi connectivity index (χ4n) is 1.75. The molecule has 0 aromatic heterocycles. The molecule has 1 unspecified atom stereocenters. The average Bonchev–Trinajstić information content (AvgIpc) is 2.37. The quantitative estimate of drug-likeness (QED) is 0.854. The van der Waals surface area contributed by atoms with Gasteiger partial charge in [-0.3, -0.25) is 4.79 Å². The summed E-state index contributed by atoms with van der Waals surface area (Å²) in [6.07, 6.45) is 0. The van der Waals surface area contributed by atoms with Crippen molar-refractivity contribution in [2.45, 2.75) is 26.4 Å². The van der Waals surface area contributed by atoms with E-state index in [1.807, 2.05) is 0 Å². The molecular weight excluding hydrogens is 248 g/mol. The van der Waals surface area contributed by atoms with Gasteiger partial charge in [0.05, 0.1) is 19.6 Å². The zero-order chi connectivity index (χ0) is 14.8. The van der Waals surface area contributed by atoms with Crippen LogP contribution in [0.5, 0.6) is 11.5 Å². The zero-order valence-electron chi connectivity index (χ0n) is 11.9. The Morgan fingerprint density at radius 2 is 1.74 bits per heavy atom. The molecule has 1 aromatic rings. The predicted molar refractivity (Wildman–Crippen MR) is 70.5 cm³/mol. The molecule has 0 aliphatic rings. The van der Waals surface area contributed by atoms with Gasteiger partial charge in [0.2, 0.25) is 0 Å². The highest BCUT2D eigenvalue weighted by atomic mass is 16.5. The maximum Gasteiger partial charge on any atom is 0.312 e. The van der Waals surface area contributed by atoms with Gasteiger partial charge < -0.3 is 19.7 Å². The van der Waals surface area contributed by atoms with E-state index in [2.05, 4.69) is 0 Å². The van der Waals surface area contributed by atoms with E-state index in [1.54, 1.807) is 18.2 Å². The Bertz CT molecular complexity index is 477. The fraction of sp³-hybridized carbons (Fsp3) is 0.500. The largest absolute Gasteiger partial charge is 0.497 e. The number of carboxylic acid groups (broad SMARTS) is 1. The van der Waals surface area contributed by atoms with Crippen molar-refractivity contribution in [3.8, 4) is 11.5 Å². The predicted octanol–water partition coefficient (Wildman–Crippen LogP) is 2.02. The van der Waals surface area contributed by atoms with Crippen LogP contribution < -0.4 is 9.47 Å². The number of rotatable bonds is 5. The van der Waals surface area contributed by atoms with Gasteiger partial charge in [-0.15, -0.1) is 0 Å². The molecule has 0 fully saturated rings. The number of carbonyl (C=O) groups is 1. The molecular formula is C14H20O5. The third-order valence-electron chi connectivity index (χ3n) is 3.68. The average molecular weight is 268 g/mol. The van der Waals surface area contributed by atoms with Gasteiger partial charge in [0, 0.05) is 11.6 Å². The van der Waals surface area contributed by atoms with Crippen molar-refractivity contribution < 1.29 is 24.5 Å². The summed E-state index contributed by atoms with van der Waals surface area (Å²) in [4.78, 5) is 11.3. The van der Waals surface area contributed by atoms with E-state index in [0.29, 0.717) is 17.1 Å². The lowest BCUT2D eigenvalue weighted by Gasteiger charge is -2.37. The van der Waals surface area contributed by atoms with E-state index < -0.39 is 17.0 Å². The van der Waals surface area contributed by atoms with Gasteiger partial charge in [0.15, 0.2) is 0 Å². The Morgan fingerprint density at radius 3 is 2.16 bits per heavy atom. The molecule has 0 aliphatic heterocycles. The first-order valence-electron chi connectivity index (χ1n) is 5.86. The van der Waals surface area contributed by atoms with E-state index in [4.69, 9.17) is 9.47 Å². The number of benzene rings is 1. The molecule has 0 saturated heterocycles. The van der Waals surface area contributed by atoms with E-state index in [9.17, 15) is 15.0 Å². The van der Waals surface area contributed by atoms with Crippen LogP contribution in [-0.2, 0) is 10.4 Å². The van der Waals surface area contributed by atoms with Crippen molar-refractivity contribution in [3.63, 3.8) is 0 Å². The Labute approximate surface area is 112 Å². The van der Waals surface area contributed by atoms with Gasteiger partial charge in [0.25, 0.3) is 0 Å². The number of carboxylic acids is 1. The van der Waals surface area contributed by atoms with Gasteiger partial charge in [-0.05, 0) is 32.9 Å². The molecule has 0 amide bonds. The molecule has 2 N–H and O–H groups in total. The van der Waals surface area contributed by atoms with E-state index in [0.717, 1.165) is 0 Å². The van der Waals surface area contributed by atoms with Crippen LogP contribution in [0.1, 0.15) is 26.3 Å². The normalized spacial score (nSPS) is 14.6. The first-order chi connectivity index (χ1) is 8.68. The molecule has 0 bridgehead atoms. The second-order valence-electron chi connectivity index (χ2n) is 5.07. The minimum Gasteiger partial charge on any atom is -0.497 e. The zero-order valence-corrected chi connectivity index (χ0v) is 11.9. The first-order valence-corrected chi connectivity index (χ1v) is 5.86. The minimum atomic E-state index is -1.59. The monoisotopic (exact) mass is 268 g/mol. The number of aliphatic carboxylic acids is 1. The van der Waals surface area contributed by atoms with Gasteiger partial charge in [-0.1, -0.05) is 0 Å². The number of ether oxygens (including phenoxy) is 2. The van der Waals surface area contributed by atoms with Gasteiger partial charge >= 0.3 is 5.97 Å². The third-order valence-corrected chi connectivity index (χ3v) is 3.68. The molecule has 0 saturated carbocycles. The molecule has 19 heavy (non-hydrogen) atoms. The lowest BCUT2D eigenvalue weighted by Crippen LogP contribution is -2.45. The van der Waals surface area contributed by atoms with Crippen LogP contribution in [0.15, 0.2) is 18.2 Å². The number of methoxy groups -OCH3 is 2. The fourth-order valence-corrected chi connectivity index (χ4v) is 1.75. The van der Waals surface area contributed by atoms with Crippen LogP contribution in [0.25, 0.3) is 0 Å². The van der Waals surface area contributed by atoms with E-state index >= 15 is 0 Å². The molecule has 0 spiro atoms. The van der Waals surface area contributed by atoms with Gasteiger partial charge in [-0.25, -0.2) is 0 Å². The summed E-state index contributed by atoms with van der Waals surface area (Å²) in [7, 11) is 2.98. The molecule has 1 atom stereocenters. The Morgan fingerprint density at radius 1 is 1.16 bits per heavy atom. The molecule has 5 heteroatoms. The highest BCUT2D eigenvalue weighted by Gasteiger charge is 2.48. The Hall–Kier alpha value is -1.75. The summed E-state index contributed by atoms with van der Waals surface area (Å²) < 4.78 is 10.3. The highest BCUT2D eigenvalue weighted by molar-refractivity contribution is 5.76. The highest BCUT2D eigenvalue weighted by Crippen LogP contribution is 2.44. The standard InChI is InChI=1S/C14H20O5/c1-13(2,12(15)16)14(3,17)10-7-6-9(18-4)8-11(10)19-5/h6-8,17H,1-5H3,(H,15,16). The summed E-state index contributed by atoms with van der Waals surface area (Å²) in [6.45, 7) is 4.41. The van der Waals surface area contributed by atoms with Crippen LogP contribution in [0, 0.1) is 5.41 Å². The summed E-state index contributed by atoms with van der Waals surface area (Å²) in [6, 6.07) is 4.88. The van der Waals surface area contributed by atoms with Crippen molar-refractivity contribution >= 4 is 5.97 Å². The van der Waals surface area contributed by atoms with Crippen molar-refractivity contribution in [3.05, 3.63) is 23.8 Å². The van der Waals surface area contributed by atoms with Crippen LogP contribution in [-0.4, -0.2) is 30.4 Å². The Kier molecular flexibility index (Phi) is 4.10. The number of aliphatic hydroxyl groups is 1. The van der Waals surface area contributed by atoms with Crippen LogP contribution >= 0.6 is 0 Å². The summed E-state index contributed by atoms with van der Waals surface area (Å²) >= 11 is 0. The van der Waals surface area contributed by atoms with Crippen LogP contribution in [0.4, 0.5) is 0 Å². The maximum absolute atomic E-state index is 11.3. The molecule has 1 aromatic carbocycles. The van der Waals surface area contributed by atoms with Crippen molar-refractivity contribution in [2.75, 3.05) is 14.2 Å². The summed E-state index contributed by atoms with van der Waals surface area (Å²) in [5, 5.41) is 19.9. The lowest BCUT2D eigenvalue weighted by atomic mass is 9.71. The first kappa shape index (κ1) is 15.3. The van der Waals surface area contributed by atoms with Crippen LogP contribution in [0.3, 0.4) is 0 Å². The second kappa shape index (κ2) is 5.09. The van der Waals surface area contributed by atoms with E-state index in [-0.39, 0.29) is 0 Å². The molecule has 5 nitrogen and oxygen atoms in total. The second-order valence-corrected chi connectivity index (χ2v) is 5.07. The molecule has 0 radical (unpaired) electrons. The number of hydrogen-bond acceptors (Lipinski definition) is 4. The molecule has 106 valence electrons. The summed E-state index contributed by atoms with van der Waals surface area (Å²) in [5.74, 6) is -0.126. The van der Waals surface area contributed by atoms with Gasteiger partial charge in [-0.2, -0.15) is 0 Å². The molecule has 1 rings (SSSR count). The van der Waals surface area contributed by atoms with Crippen LogP contribution in [0.2, 0.25) is 0 Å². The van der Waals surface area contributed by atoms with Crippen molar-refractivity contribution in [2.24, 2.45) is 5.41 Å². The topological polar surface area (TPSA) is 76.0 Å². The van der Waals surface area contributed by atoms with Crippen molar-refractivity contribution in [1.29, 1.82) is 0 Å². The minimum absolute atomic E-state index is 0.388. The summed E-state index contributed by atoms with van der Waals surface area (Å²) in [5.41, 5.74) is -2.55. The number of hydrogen-bond donors (Lipinski definition) is 2. The van der Waals surface area contributed by atoms with Gasteiger partial charge in [0.1, 0.15) is 17.1 Å². The Balaban J connectivity index is 3.40.